The Hall–Kier alpha value is -3.02. The van der Waals surface area contributed by atoms with Gasteiger partial charge in [-0.3, -0.25) is 9.59 Å². The van der Waals surface area contributed by atoms with Crippen LogP contribution in [0.15, 0.2) is 48.5 Å². The molecule has 0 fully saturated rings. The van der Waals surface area contributed by atoms with Gasteiger partial charge in [-0.2, -0.15) is 0 Å². The third kappa shape index (κ3) is 4.39. The van der Waals surface area contributed by atoms with Crippen LogP contribution in [0.5, 0.6) is 5.75 Å². The first-order chi connectivity index (χ1) is 13.0. The van der Waals surface area contributed by atoms with Crippen molar-refractivity contribution < 1.29 is 14.3 Å². The van der Waals surface area contributed by atoms with E-state index in [1.807, 2.05) is 67.5 Å². The number of rotatable bonds is 6. The lowest BCUT2D eigenvalue weighted by Crippen LogP contribution is -2.41. The maximum absolute atomic E-state index is 12.5. The average Bonchev–Trinajstić information content (AvgIpc) is 2.67. The number of hydrogen-bond acceptors (Lipinski definition) is 4. The van der Waals surface area contributed by atoms with Gasteiger partial charge in [0.25, 0.3) is 5.91 Å². The fourth-order valence-corrected chi connectivity index (χ4v) is 3.06. The molecular formula is C21H25N3O3. The number of ether oxygens (including phenoxy) is 1. The lowest BCUT2D eigenvalue weighted by molar-refractivity contribution is -0.130. The third-order valence-electron chi connectivity index (χ3n) is 4.66. The molecule has 6 nitrogen and oxygen atoms in total. The highest BCUT2D eigenvalue weighted by Crippen LogP contribution is 2.31. The smallest absolute Gasteiger partial charge is 0.265 e. The van der Waals surface area contributed by atoms with Crippen LogP contribution in [0, 0.1) is 0 Å². The van der Waals surface area contributed by atoms with E-state index in [-0.39, 0.29) is 24.8 Å². The molecule has 3 rings (SSSR count). The van der Waals surface area contributed by atoms with Crippen LogP contribution in [0.4, 0.5) is 11.4 Å². The first-order valence-electron chi connectivity index (χ1n) is 8.98. The molecule has 1 heterocycles. The predicted molar refractivity (Wildman–Crippen MR) is 106 cm³/mol. The Morgan fingerprint density at radius 3 is 2.48 bits per heavy atom. The van der Waals surface area contributed by atoms with Gasteiger partial charge in [-0.05, 0) is 29.8 Å². The van der Waals surface area contributed by atoms with Crippen LogP contribution < -0.4 is 14.5 Å². The van der Waals surface area contributed by atoms with E-state index in [2.05, 4.69) is 0 Å². The molecule has 2 aromatic carbocycles. The summed E-state index contributed by atoms with van der Waals surface area (Å²) >= 11 is 0. The molecule has 2 aromatic rings. The second kappa shape index (κ2) is 8.12. The average molecular weight is 367 g/mol. The normalized spacial score (nSPS) is 13.0. The number of anilines is 2. The Morgan fingerprint density at radius 1 is 1.07 bits per heavy atom. The van der Waals surface area contributed by atoms with Crippen molar-refractivity contribution in [2.45, 2.75) is 13.0 Å². The molecule has 142 valence electrons. The van der Waals surface area contributed by atoms with E-state index in [0.29, 0.717) is 18.8 Å². The van der Waals surface area contributed by atoms with Gasteiger partial charge in [0.2, 0.25) is 5.91 Å². The number of carbonyl (C=O) groups is 2. The van der Waals surface area contributed by atoms with Crippen LogP contribution >= 0.6 is 0 Å². The number of carbonyl (C=O) groups excluding carboxylic acids is 2. The number of fused-ring (bicyclic) bond motifs is 1. The summed E-state index contributed by atoms with van der Waals surface area (Å²) in [5.74, 6) is 0.561. The van der Waals surface area contributed by atoms with Crippen molar-refractivity contribution in [1.29, 1.82) is 0 Å². The van der Waals surface area contributed by atoms with Crippen LogP contribution in [-0.4, -0.2) is 51.0 Å². The fraction of sp³-hybridized carbons (Fsp3) is 0.333. The SMILES string of the molecule is CN(Cc1ccc(N(C)C)cc1)C(=O)CCN1C(=O)COc2ccccc21. The zero-order valence-corrected chi connectivity index (χ0v) is 16.0. The van der Waals surface area contributed by atoms with Gasteiger partial charge in [0.15, 0.2) is 6.61 Å². The zero-order chi connectivity index (χ0) is 19.4. The summed E-state index contributed by atoms with van der Waals surface area (Å²) in [6, 6.07) is 15.5. The molecule has 0 saturated carbocycles. The molecule has 0 saturated heterocycles. The quantitative estimate of drug-likeness (QED) is 0.787. The Balaban J connectivity index is 1.58. The Kier molecular flexibility index (Phi) is 5.64. The predicted octanol–water partition coefficient (Wildman–Crippen LogP) is 2.53. The largest absolute Gasteiger partial charge is 0.482 e. The maximum Gasteiger partial charge on any atom is 0.265 e. The van der Waals surface area contributed by atoms with E-state index in [1.54, 1.807) is 16.8 Å². The molecule has 0 spiro atoms. The summed E-state index contributed by atoms with van der Waals surface area (Å²) in [5.41, 5.74) is 2.92. The minimum Gasteiger partial charge on any atom is -0.482 e. The monoisotopic (exact) mass is 367 g/mol. The van der Waals surface area contributed by atoms with Crippen molar-refractivity contribution in [2.24, 2.45) is 0 Å². The maximum atomic E-state index is 12.5. The standard InChI is InChI=1S/C21H25N3O3/c1-22(2)17-10-8-16(9-11-17)14-23(3)20(25)12-13-24-18-6-4-5-7-19(18)27-15-21(24)26/h4-11H,12-15H2,1-3H3. The molecule has 2 amide bonds. The van der Waals surface area contributed by atoms with Crippen molar-refractivity contribution in [3.63, 3.8) is 0 Å². The summed E-state index contributed by atoms with van der Waals surface area (Å²) in [5, 5.41) is 0. The summed E-state index contributed by atoms with van der Waals surface area (Å²) in [7, 11) is 5.78. The molecule has 0 aliphatic carbocycles. The Morgan fingerprint density at radius 2 is 1.78 bits per heavy atom. The second-order valence-corrected chi connectivity index (χ2v) is 6.86. The zero-order valence-electron chi connectivity index (χ0n) is 16.0. The topological polar surface area (TPSA) is 53.1 Å². The van der Waals surface area contributed by atoms with Gasteiger partial charge in [-0.15, -0.1) is 0 Å². The highest BCUT2D eigenvalue weighted by Gasteiger charge is 2.25. The van der Waals surface area contributed by atoms with Crippen LogP contribution in [0.3, 0.4) is 0 Å². The lowest BCUT2D eigenvalue weighted by Gasteiger charge is -2.29. The first-order valence-corrected chi connectivity index (χ1v) is 8.98. The highest BCUT2D eigenvalue weighted by molar-refractivity contribution is 5.98. The minimum absolute atomic E-state index is 0.00320. The van der Waals surface area contributed by atoms with Crippen molar-refractivity contribution in [3.8, 4) is 5.75 Å². The summed E-state index contributed by atoms with van der Waals surface area (Å²) in [6.45, 7) is 0.904. The molecule has 0 N–H and O–H groups in total. The first kappa shape index (κ1) is 18.8. The van der Waals surface area contributed by atoms with E-state index in [1.165, 1.54) is 0 Å². The fourth-order valence-electron chi connectivity index (χ4n) is 3.06. The van der Waals surface area contributed by atoms with Gasteiger partial charge >= 0.3 is 0 Å². The minimum atomic E-state index is -0.122. The number of amides is 2. The molecule has 0 bridgehead atoms. The molecule has 0 unspecified atom stereocenters. The summed E-state index contributed by atoms with van der Waals surface area (Å²) in [4.78, 5) is 30.1. The van der Waals surface area contributed by atoms with Gasteiger partial charge in [-0.1, -0.05) is 24.3 Å². The lowest BCUT2D eigenvalue weighted by atomic mass is 10.2. The van der Waals surface area contributed by atoms with E-state index < -0.39 is 0 Å². The van der Waals surface area contributed by atoms with E-state index >= 15 is 0 Å². The van der Waals surface area contributed by atoms with Crippen LogP contribution in [-0.2, 0) is 16.1 Å². The molecule has 1 aliphatic heterocycles. The molecule has 1 aliphatic rings. The molecule has 0 radical (unpaired) electrons. The van der Waals surface area contributed by atoms with Crippen LogP contribution in [0.25, 0.3) is 0 Å². The number of benzene rings is 2. The molecule has 6 heteroatoms. The van der Waals surface area contributed by atoms with Crippen molar-refractivity contribution >= 4 is 23.2 Å². The van der Waals surface area contributed by atoms with Gasteiger partial charge in [-0.25, -0.2) is 0 Å². The van der Waals surface area contributed by atoms with Gasteiger partial charge in [0, 0.05) is 46.3 Å². The molecular weight excluding hydrogens is 342 g/mol. The number of hydrogen-bond donors (Lipinski definition) is 0. The van der Waals surface area contributed by atoms with Gasteiger partial charge in [0.1, 0.15) is 5.75 Å². The highest BCUT2D eigenvalue weighted by atomic mass is 16.5. The van der Waals surface area contributed by atoms with E-state index in [0.717, 1.165) is 16.9 Å². The molecule has 0 aromatic heterocycles. The van der Waals surface area contributed by atoms with Crippen LogP contribution in [0.1, 0.15) is 12.0 Å². The Labute approximate surface area is 159 Å². The van der Waals surface area contributed by atoms with Crippen molar-refractivity contribution in [1.82, 2.24) is 4.90 Å². The second-order valence-electron chi connectivity index (χ2n) is 6.86. The summed E-state index contributed by atoms with van der Waals surface area (Å²) in [6.07, 6.45) is 0.270. The van der Waals surface area contributed by atoms with Crippen LogP contribution in [0.2, 0.25) is 0 Å². The van der Waals surface area contributed by atoms with Gasteiger partial charge in [0.05, 0.1) is 5.69 Å². The molecule has 0 atom stereocenters. The number of para-hydroxylation sites is 2. The van der Waals surface area contributed by atoms with E-state index in [9.17, 15) is 9.59 Å². The number of nitrogens with zero attached hydrogens (tertiary/aromatic N) is 3. The van der Waals surface area contributed by atoms with Crippen molar-refractivity contribution in [3.05, 3.63) is 54.1 Å². The van der Waals surface area contributed by atoms with E-state index in [4.69, 9.17) is 4.74 Å². The van der Waals surface area contributed by atoms with Gasteiger partial charge < -0.3 is 19.4 Å². The summed E-state index contributed by atoms with van der Waals surface area (Å²) < 4.78 is 5.44. The Bertz CT molecular complexity index is 818. The molecule has 27 heavy (non-hydrogen) atoms. The third-order valence-corrected chi connectivity index (χ3v) is 4.66. The van der Waals surface area contributed by atoms with Crippen molar-refractivity contribution in [2.75, 3.05) is 44.1 Å².